The Morgan fingerprint density at radius 3 is 3.12 bits per heavy atom. The highest BCUT2D eigenvalue weighted by Gasteiger charge is 2.30. The summed E-state index contributed by atoms with van der Waals surface area (Å²) in [5.74, 6) is 0.652. The molecule has 1 atom stereocenters. The van der Waals surface area contributed by atoms with E-state index in [0.29, 0.717) is 18.7 Å². The molecule has 2 aliphatic heterocycles. The zero-order chi connectivity index (χ0) is 17.2. The van der Waals surface area contributed by atoms with Crippen LogP contribution in [-0.4, -0.2) is 40.4 Å². The van der Waals surface area contributed by atoms with Gasteiger partial charge in [-0.05, 0) is 18.1 Å². The summed E-state index contributed by atoms with van der Waals surface area (Å²) in [5, 5.41) is 3.32. The lowest BCUT2D eigenvalue weighted by atomic mass is 10.1. The second-order valence-corrected chi connectivity index (χ2v) is 6.72. The van der Waals surface area contributed by atoms with Crippen molar-refractivity contribution in [2.75, 3.05) is 19.6 Å². The molecule has 1 aromatic carbocycles. The number of nitrogens with one attached hydrogen (secondary N) is 1. The first kappa shape index (κ1) is 16.1. The number of likely N-dealkylation sites (tertiary alicyclic amines) is 1. The summed E-state index contributed by atoms with van der Waals surface area (Å²) in [5.41, 5.74) is 2.74. The summed E-state index contributed by atoms with van der Waals surface area (Å²) in [6, 6.07) is 6.46. The van der Waals surface area contributed by atoms with Gasteiger partial charge in [-0.15, -0.1) is 0 Å². The van der Waals surface area contributed by atoms with E-state index in [-0.39, 0.29) is 24.1 Å². The molecule has 2 aromatic rings. The molecular weight excluding hydrogens is 319 g/mol. The average molecular weight is 340 g/mol. The van der Waals surface area contributed by atoms with E-state index < -0.39 is 0 Å². The van der Waals surface area contributed by atoms with E-state index in [1.165, 1.54) is 11.6 Å². The molecule has 0 unspecified atom stereocenters. The number of carbonyl (C=O) groups excluding carboxylic acids is 1. The molecular formula is C19H21FN4O. The van der Waals surface area contributed by atoms with Crippen LogP contribution in [0.3, 0.4) is 0 Å². The molecule has 1 saturated heterocycles. The first-order valence-electron chi connectivity index (χ1n) is 8.77. The fourth-order valence-electron chi connectivity index (χ4n) is 3.56. The quantitative estimate of drug-likeness (QED) is 0.926. The first-order valence-corrected chi connectivity index (χ1v) is 8.77. The minimum Gasteiger partial charge on any atom is -0.342 e. The minimum absolute atomic E-state index is 0.0326. The Hall–Kier alpha value is -2.34. The summed E-state index contributed by atoms with van der Waals surface area (Å²) in [6.07, 6.45) is 3.80. The molecule has 6 heteroatoms. The molecule has 5 nitrogen and oxygen atoms in total. The van der Waals surface area contributed by atoms with E-state index >= 15 is 0 Å². The Morgan fingerprint density at radius 2 is 2.24 bits per heavy atom. The number of halogens is 1. The number of carbonyl (C=O) groups is 1. The molecule has 1 amide bonds. The maximum absolute atomic E-state index is 13.7. The van der Waals surface area contributed by atoms with Crippen LogP contribution in [0.25, 0.3) is 0 Å². The molecule has 25 heavy (non-hydrogen) atoms. The summed E-state index contributed by atoms with van der Waals surface area (Å²) in [7, 11) is 0. The van der Waals surface area contributed by atoms with Crippen molar-refractivity contribution in [1.29, 1.82) is 0 Å². The summed E-state index contributed by atoms with van der Waals surface area (Å²) >= 11 is 0. The number of aromatic nitrogens is 2. The van der Waals surface area contributed by atoms with E-state index in [2.05, 4.69) is 10.3 Å². The van der Waals surface area contributed by atoms with Crippen LogP contribution in [0.5, 0.6) is 0 Å². The van der Waals surface area contributed by atoms with Gasteiger partial charge < -0.3 is 10.2 Å². The summed E-state index contributed by atoms with van der Waals surface area (Å²) in [6.45, 7) is 3.07. The molecule has 1 aromatic heterocycles. The first-order chi connectivity index (χ1) is 12.2. The third kappa shape index (κ3) is 3.39. The van der Waals surface area contributed by atoms with Crippen molar-refractivity contribution in [1.82, 2.24) is 20.2 Å². The largest absolute Gasteiger partial charge is 0.342 e. The van der Waals surface area contributed by atoms with Gasteiger partial charge in [-0.2, -0.15) is 0 Å². The maximum atomic E-state index is 13.7. The van der Waals surface area contributed by atoms with Crippen LogP contribution in [0.15, 0.2) is 30.5 Å². The van der Waals surface area contributed by atoms with Crippen LogP contribution in [0.4, 0.5) is 4.39 Å². The molecule has 0 aliphatic carbocycles. The van der Waals surface area contributed by atoms with Gasteiger partial charge in [-0.1, -0.05) is 18.2 Å². The van der Waals surface area contributed by atoms with E-state index in [1.54, 1.807) is 18.2 Å². The van der Waals surface area contributed by atoms with Crippen molar-refractivity contribution in [3.05, 3.63) is 58.9 Å². The predicted molar refractivity (Wildman–Crippen MR) is 91.5 cm³/mol. The Labute approximate surface area is 146 Å². The van der Waals surface area contributed by atoms with Crippen molar-refractivity contribution in [2.24, 2.45) is 0 Å². The smallest absolute Gasteiger partial charge is 0.227 e. The second-order valence-electron chi connectivity index (χ2n) is 6.72. The fraction of sp³-hybridized carbons (Fsp3) is 0.421. The van der Waals surface area contributed by atoms with Gasteiger partial charge in [0.1, 0.15) is 11.6 Å². The van der Waals surface area contributed by atoms with Crippen molar-refractivity contribution < 1.29 is 9.18 Å². The van der Waals surface area contributed by atoms with E-state index in [1.807, 2.05) is 11.1 Å². The Balaban J connectivity index is 1.43. The number of nitrogens with zero attached hydrogens (tertiary/aromatic N) is 3. The van der Waals surface area contributed by atoms with Gasteiger partial charge in [0.15, 0.2) is 0 Å². The highest BCUT2D eigenvalue weighted by molar-refractivity contribution is 5.79. The normalized spacial score (nSPS) is 19.7. The lowest BCUT2D eigenvalue weighted by Gasteiger charge is -2.19. The average Bonchev–Trinajstić information content (AvgIpc) is 3.13. The Morgan fingerprint density at radius 1 is 1.36 bits per heavy atom. The number of rotatable bonds is 3. The van der Waals surface area contributed by atoms with Gasteiger partial charge >= 0.3 is 0 Å². The number of hydrogen-bond acceptors (Lipinski definition) is 4. The molecule has 2 aliphatic rings. The zero-order valence-electron chi connectivity index (χ0n) is 14.0. The molecule has 130 valence electrons. The van der Waals surface area contributed by atoms with Gasteiger partial charge in [0.25, 0.3) is 0 Å². The third-order valence-corrected chi connectivity index (χ3v) is 5.03. The Kier molecular flexibility index (Phi) is 4.44. The highest BCUT2D eigenvalue weighted by Crippen LogP contribution is 2.26. The molecule has 3 heterocycles. The number of benzene rings is 1. The van der Waals surface area contributed by atoms with Crippen LogP contribution < -0.4 is 5.32 Å². The number of fused-ring (bicyclic) bond motifs is 1. The van der Waals surface area contributed by atoms with Crippen LogP contribution in [-0.2, 0) is 24.2 Å². The van der Waals surface area contributed by atoms with Gasteiger partial charge in [0.05, 0.1) is 6.42 Å². The molecule has 0 spiro atoms. The number of amides is 1. The van der Waals surface area contributed by atoms with Crippen LogP contribution in [0.2, 0.25) is 0 Å². The van der Waals surface area contributed by atoms with Gasteiger partial charge in [-0.3, -0.25) is 4.79 Å². The van der Waals surface area contributed by atoms with Gasteiger partial charge in [0.2, 0.25) is 5.91 Å². The third-order valence-electron chi connectivity index (χ3n) is 5.03. The molecule has 0 radical (unpaired) electrons. The second kappa shape index (κ2) is 6.88. The van der Waals surface area contributed by atoms with E-state index in [0.717, 1.165) is 37.4 Å². The molecule has 4 rings (SSSR count). The van der Waals surface area contributed by atoms with Gasteiger partial charge in [-0.25, -0.2) is 14.4 Å². The van der Waals surface area contributed by atoms with Crippen molar-refractivity contribution in [3.63, 3.8) is 0 Å². The van der Waals surface area contributed by atoms with Crippen molar-refractivity contribution in [2.45, 2.75) is 31.7 Å². The van der Waals surface area contributed by atoms with Crippen molar-refractivity contribution >= 4 is 5.91 Å². The Bertz CT molecular complexity index is 795. The topological polar surface area (TPSA) is 58.1 Å². The van der Waals surface area contributed by atoms with Crippen molar-refractivity contribution in [3.8, 4) is 0 Å². The number of hydrogen-bond donors (Lipinski definition) is 1. The standard InChI is InChI=1S/C19H21FN4O/c20-16-4-2-1-3-13(16)9-18(25)24-8-6-14(12-24)19-22-11-15-10-21-7-5-17(15)23-19/h1-4,11,14,21H,5-10,12H2/t14-/m0/s1. The summed E-state index contributed by atoms with van der Waals surface area (Å²) < 4.78 is 13.7. The lowest BCUT2D eigenvalue weighted by molar-refractivity contribution is -0.129. The predicted octanol–water partition coefficient (Wildman–Crippen LogP) is 1.82. The zero-order valence-corrected chi connectivity index (χ0v) is 14.0. The van der Waals surface area contributed by atoms with E-state index in [4.69, 9.17) is 4.98 Å². The molecule has 1 N–H and O–H groups in total. The minimum atomic E-state index is -0.321. The van der Waals surface area contributed by atoms with Crippen LogP contribution >= 0.6 is 0 Å². The SMILES string of the molecule is O=C(Cc1ccccc1F)N1CC[C@H](c2ncc3c(n2)CCNC3)C1. The lowest BCUT2D eigenvalue weighted by Crippen LogP contribution is -2.30. The highest BCUT2D eigenvalue weighted by atomic mass is 19.1. The monoisotopic (exact) mass is 340 g/mol. The summed E-state index contributed by atoms with van der Waals surface area (Å²) in [4.78, 5) is 23.5. The maximum Gasteiger partial charge on any atom is 0.227 e. The molecule has 1 fully saturated rings. The fourth-order valence-corrected chi connectivity index (χ4v) is 3.56. The molecule has 0 saturated carbocycles. The molecule has 0 bridgehead atoms. The van der Waals surface area contributed by atoms with Gasteiger partial charge in [0, 0.05) is 56.0 Å². The van der Waals surface area contributed by atoms with E-state index in [9.17, 15) is 9.18 Å². The van der Waals surface area contributed by atoms with Crippen LogP contribution in [0, 0.1) is 5.82 Å². The van der Waals surface area contributed by atoms with Crippen LogP contribution in [0.1, 0.15) is 35.0 Å².